The summed E-state index contributed by atoms with van der Waals surface area (Å²) in [6.45, 7) is 3.39. The predicted octanol–water partition coefficient (Wildman–Crippen LogP) is 4.52. The third-order valence-electron chi connectivity index (χ3n) is 4.12. The van der Waals surface area contributed by atoms with Gasteiger partial charge < -0.3 is 14.8 Å². The zero-order valence-corrected chi connectivity index (χ0v) is 17.8. The van der Waals surface area contributed by atoms with Crippen molar-refractivity contribution >= 4 is 44.4 Å². The van der Waals surface area contributed by atoms with E-state index >= 15 is 0 Å². The van der Waals surface area contributed by atoms with Crippen LogP contribution in [0, 0.1) is 0 Å². The van der Waals surface area contributed by atoms with Crippen molar-refractivity contribution in [1.29, 1.82) is 0 Å². The summed E-state index contributed by atoms with van der Waals surface area (Å²) in [5, 5.41) is 8.14. The summed E-state index contributed by atoms with van der Waals surface area (Å²) in [4.78, 5) is 8.57. The first kappa shape index (κ1) is 19.7. The van der Waals surface area contributed by atoms with E-state index in [0.717, 1.165) is 35.2 Å². The second-order valence-corrected chi connectivity index (χ2v) is 7.14. The van der Waals surface area contributed by atoms with Crippen LogP contribution in [0.2, 0.25) is 5.28 Å². The number of methoxy groups -OCH3 is 2. The molecule has 0 unspecified atom stereocenters. The number of ether oxygens (including phenoxy) is 2. The molecule has 0 aliphatic heterocycles. The van der Waals surface area contributed by atoms with Gasteiger partial charge in [-0.1, -0.05) is 13.3 Å². The molecular formula is C18H21BrClN5O2. The third kappa shape index (κ3) is 4.27. The lowest BCUT2D eigenvalue weighted by Crippen LogP contribution is -2.06. The molecule has 2 aromatic heterocycles. The Kier molecular flexibility index (Phi) is 6.38. The lowest BCUT2D eigenvalue weighted by atomic mass is 10.1. The number of unbranched alkanes of at least 4 members (excludes halogenated alkanes) is 1. The molecule has 0 saturated carbocycles. The first-order valence-corrected chi connectivity index (χ1v) is 9.78. The Morgan fingerprint density at radius 2 is 2.04 bits per heavy atom. The molecule has 3 aromatic rings. The number of nitrogens with one attached hydrogen (secondary N) is 1. The highest BCUT2D eigenvalue weighted by Gasteiger charge is 2.17. The van der Waals surface area contributed by atoms with Crippen LogP contribution in [-0.4, -0.2) is 40.5 Å². The minimum atomic E-state index is 0.193. The minimum absolute atomic E-state index is 0.193. The second kappa shape index (κ2) is 8.75. The highest BCUT2D eigenvalue weighted by molar-refractivity contribution is 9.10. The van der Waals surface area contributed by atoms with Gasteiger partial charge in [-0.05, 0) is 46.1 Å². The Morgan fingerprint density at radius 3 is 2.74 bits per heavy atom. The maximum absolute atomic E-state index is 6.08. The monoisotopic (exact) mass is 453 g/mol. The van der Waals surface area contributed by atoms with Crippen molar-refractivity contribution in [1.82, 2.24) is 19.7 Å². The molecule has 27 heavy (non-hydrogen) atoms. The van der Waals surface area contributed by atoms with Gasteiger partial charge in [0.05, 0.1) is 37.0 Å². The van der Waals surface area contributed by atoms with Crippen molar-refractivity contribution < 1.29 is 9.47 Å². The summed E-state index contributed by atoms with van der Waals surface area (Å²) < 4.78 is 13.7. The normalized spacial score (nSPS) is 11.0. The fraction of sp³-hybridized carbons (Fsp3) is 0.389. The standard InChI is InChI=1S/C18H21BrClN5O2/c1-4-5-8-21-17-15-13(22-18(20)23-17)10-25(24-15)9-11-14(26-2)7-6-12(19)16(11)27-3/h6-7,10H,4-5,8-9H2,1-3H3,(H,21,22,23). The smallest absolute Gasteiger partial charge is 0.225 e. The van der Waals surface area contributed by atoms with Crippen LogP contribution in [0.3, 0.4) is 0 Å². The fourth-order valence-electron chi connectivity index (χ4n) is 2.82. The molecule has 7 nitrogen and oxygen atoms in total. The molecule has 0 aliphatic carbocycles. The maximum atomic E-state index is 6.08. The Bertz CT molecular complexity index is 947. The van der Waals surface area contributed by atoms with E-state index in [2.05, 4.69) is 43.2 Å². The van der Waals surface area contributed by atoms with Gasteiger partial charge in [0.15, 0.2) is 11.3 Å². The van der Waals surface area contributed by atoms with Crippen molar-refractivity contribution in [3.05, 3.63) is 33.6 Å². The van der Waals surface area contributed by atoms with E-state index in [-0.39, 0.29) is 5.28 Å². The number of anilines is 1. The van der Waals surface area contributed by atoms with Gasteiger partial charge in [-0.2, -0.15) is 10.1 Å². The van der Waals surface area contributed by atoms with Gasteiger partial charge in [0.2, 0.25) is 5.28 Å². The van der Waals surface area contributed by atoms with Crippen LogP contribution in [0.1, 0.15) is 25.3 Å². The summed E-state index contributed by atoms with van der Waals surface area (Å²) in [7, 11) is 3.26. The first-order valence-electron chi connectivity index (χ1n) is 8.61. The molecule has 0 bridgehead atoms. The molecule has 144 valence electrons. The van der Waals surface area contributed by atoms with Crippen LogP contribution >= 0.6 is 27.5 Å². The quantitative estimate of drug-likeness (QED) is 0.398. The van der Waals surface area contributed by atoms with Gasteiger partial charge in [0.1, 0.15) is 17.0 Å². The molecular weight excluding hydrogens is 434 g/mol. The van der Waals surface area contributed by atoms with E-state index in [1.807, 2.05) is 18.3 Å². The Hall–Kier alpha value is -2.06. The number of fused-ring (bicyclic) bond motifs is 1. The SMILES string of the molecule is CCCCNc1nc(Cl)nc2cn(Cc3c(OC)ccc(Br)c3OC)nc12. The molecule has 3 rings (SSSR count). The van der Waals surface area contributed by atoms with Gasteiger partial charge in [0, 0.05) is 6.54 Å². The molecule has 0 aliphatic rings. The topological polar surface area (TPSA) is 74.1 Å². The summed E-state index contributed by atoms with van der Waals surface area (Å²) in [6, 6.07) is 3.78. The summed E-state index contributed by atoms with van der Waals surface area (Å²) in [5.41, 5.74) is 2.24. The molecule has 2 heterocycles. The lowest BCUT2D eigenvalue weighted by molar-refractivity contribution is 0.380. The number of aromatic nitrogens is 4. The largest absolute Gasteiger partial charge is 0.496 e. The number of benzene rings is 1. The Morgan fingerprint density at radius 1 is 1.22 bits per heavy atom. The van der Waals surface area contributed by atoms with Gasteiger partial charge in [-0.3, -0.25) is 4.68 Å². The van der Waals surface area contributed by atoms with Crippen molar-refractivity contribution in [2.45, 2.75) is 26.3 Å². The number of nitrogens with zero attached hydrogens (tertiary/aromatic N) is 4. The molecule has 0 spiro atoms. The predicted molar refractivity (Wildman–Crippen MR) is 110 cm³/mol. The molecule has 0 atom stereocenters. The highest BCUT2D eigenvalue weighted by Crippen LogP contribution is 2.36. The van der Waals surface area contributed by atoms with Crippen LogP contribution in [0.5, 0.6) is 11.5 Å². The summed E-state index contributed by atoms with van der Waals surface area (Å²) in [6.07, 6.45) is 3.97. The van der Waals surface area contributed by atoms with Gasteiger partial charge in [-0.15, -0.1) is 0 Å². The summed E-state index contributed by atoms with van der Waals surface area (Å²) >= 11 is 9.59. The first-order chi connectivity index (χ1) is 13.1. The minimum Gasteiger partial charge on any atom is -0.496 e. The highest BCUT2D eigenvalue weighted by atomic mass is 79.9. The van der Waals surface area contributed by atoms with Crippen LogP contribution in [0.25, 0.3) is 11.0 Å². The number of rotatable bonds is 8. The van der Waals surface area contributed by atoms with E-state index in [1.165, 1.54) is 0 Å². The number of hydrogen-bond donors (Lipinski definition) is 1. The number of hydrogen-bond acceptors (Lipinski definition) is 6. The molecule has 0 amide bonds. The second-order valence-electron chi connectivity index (χ2n) is 5.94. The maximum Gasteiger partial charge on any atom is 0.225 e. The zero-order chi connectivity index (χ0) is 19.4. The Balaban J connectivity index is 1.99. The van der Waals surface area contributed by atoms with Gasteiger partial charge in [-0.25, -0.2) is 4.98 Å². The lowest BCUT2D eigenvalue weighted by Gasteiger charge is -2.14. The van der Waals surface area contributed by atoms with Crippen molar-refractivity contribution in [2.75, 3.05) is 26.1 Å². The van der Waals surface area contributed by atoms with Crippen LogP contribution < -0.4 is 14.8 Å². The molecule has 1 N–H and O–H groups in total. The van der Waals surface area contributed by atoms with Crippen LogP contribution in [0.4, 0.5) is 5.82 Å². The van der Waals surface area contributed by atoms with E-state index in [4.69, 9.17) is 21.1 Å². The molecule has 0 radical (unpaired) electrons. The average Bonchev–Trinajstić information content (AvgIpc) is 3.04. The van der Waals surface area contributed by atoms with E-state index in [1.54, 1.807) is 18.9 Å². The fourth-order valence-corrected chi connectivity index (χ4v) is 3.53. The number of halogens is 2. The van der Waals surface area contributed by atoms with Gasteiger partial charge >= 0.3 is 0 Å². The zero-order valence-electron chi connectivity index (χ0n) is 15.4. The Labute approximate surface area is 171 Å². The molecule has 9 heteroatoms. The van der Waals surface area contributed by atoms with E-state index in [0.29, 0.717) is 29.1 Å². The molecule has 0 fully saturated rings. The van der Waals surface area contributed by atoms with Crippen molar-refractivity contribution in [2.24, 2.45) is 0 Å². The molecule has 1 aromatic carbocycles. The van der Waals surface area contributed by atoms with Crippen LogP contribution in [-0.2, 0) is 6.54 Å². The van der Waals surface area contributed by atoms with Crippen molar-refractivity contribution in [3.63, 3.8) is 0 Å². The van der Waals surface area contributed by atoms with Gasteiger partial charge in [0.25, 0.3) is 0 Å². The summed E-state index contributed by atoms with van der Waals surface area (Å²) in [5.74, 6) is 2.07. The molecule has 0 saturated heterocycles. The van der Waals surface area contributed by atoms with E-state index in [9.17, 15) is 0 Å². The van der Waals surface area contributed by atoms with E-state index < -0.39 is 0 Å². The van der Waals surface area contributed by atoms with Crippen molar-refractivity contribution in [3.8, 4) is 11.5 Å². The van der Waals surface area contributed by atoms with Crippen LogP contribution in [0.15, 0.2) is 22.8 Å². The average molecular weight is 455 g/mol. The third-order valence-corrected chi connectivity index (χ3v) is 4.91.